The predicted molar refractivity (Wildman–Crippen MR) is 67.2 cm³/mol. The van der Waals surface area contributed by atoms with Gasteiger partial charge < -0.3 is 4.74 Å². The Morgan fingerprint density at radius 3 is 2.37 bits per heavy atom. The minimum absolute atomic E-state index is 0.0694. The van der Waals surface area contributed by atoms with Crippen LogP contribution < -0.4 is 5.32 Å². The zero-order valence-electron chi connectivity index (χ0n) is 11.6. The molecule has 0 aromatic heterocycles. The Balaban J connectivity index is 2.30. The van der Waals surface area contributed by atoms with Crippen LogP contribution in [0.4, 0.5) is 4.79 Å². The maximum absolute atomic E-state index is 12.6. The van der Waals surface area contributed by atoms with Gasteiger partial charge in [-0.1, -0.05) is 20.3 Å². The van der Waals surface area contributed by atoms with E-state index in [1.54, 1.807) is 0 Å². The molecule has 6 heteroatoms. The number of carbonyl (C=O) groups is 3. The number of urea groups is 1. The second kappa shape index (κ2) is 4.92. The fourth-order valence-corrected chi connectivity index (χ4v) is 2.71. The van der Waals surface area contributed by atoms with Crippen LogP contribution in [0.2, 0.25) is 0 Å². The van der Waals surface area contributed by atoms with Crippen molar-refractivity contribution in [1.82, 2.24) is 10.2 Å². The van der Waals surface area contributed by atoms with Gasteiger partial charge in [0, 0.05) is 7.11 Å². The van der Waals surface area contributed by atoms with Crippen LogP contribution in [-0.2, 0) is 14.3 Å². The first-order valence-corrected chi connectivity index (χ1v) is 6.62. The largest absolute Gasteiger partial charge is 0.383 e. The van der Waals surface area contributed by atoms with E-state index in [0.717, 1.165) is 6.42 Å². The molecule has 6 nitrogen and oxygen atoms in total. The lowest BCUT2D eigenvalue weighted by molar-refractivity contribution is -0.160. The number of methoxy groups -OCH3 is 1. The van der Waals surface area contributed by atoms with Gasteiger partial charge in [-0.15, -0.1) is 0 Å². The Kier molecular flexibility index (Phi) is 3.62. The molecule has 1 saturated heterocycles. The van der Waals surface area contributed by atoms with E-state index < -0.39 is 17.4 Å². The van der Waals surface area contributed by atoms with Gasteiger partial charge in [0.1, 0.15) is 5.41 Å². The molecule has 1 N–H and O–H groups in total. The molecule has 1 aliphatic carbocycles. The summed E-state index contributed by atoms with van der Waals surface area (Å²) in [6, 6.07) is -0.966. The van der Waals surface area contributed by atoms with E-state index in [1.165, 1.54) is 12.0 Å². The van der Waals surface area contributed by atoms with Crippen molar-refractivity contribution in [1.29, 1.82) is 0 Å². The topological polar surface area (TPSA) is 75.7 Å². The van der Waals surface area contributed by atoms with Crippen molar-refractivity contribution in [3.8, 4) is 0 Å². The van der Waals surface area contributed by atoms with Crippen LogP contribution in [0.25, 0.3) is 0 Å². The van der Waals surface area contributed by atoms with Crippen molar-refractivity contribution in [2.24, 2.45) is 11.3 Å². The van der Waals surface area contributed by atoms with Crippen molar-refractivity contribution in [2.75, 3.05) is 13.7 Å². The average Bonchev–Trinajstić information content (AvgIpc) is 2.25. The molecule has 0 aromatic rings. The Morgan fingerprint density at radius 2 is 1.95 bits per heavy atom. The van der Waals surface area contributed by atoms with Gasteiger partial charge in [0.15, 0.2) is 0 Å². The van der Waals surface area contributed by atoms with Gasteiger partial charge >= 0.3 is 6.03 Å². The molecule has 1 atom stereocenters. The highest BCUT2D eigenvalue weighted by molar-refractivity contribution is 6.19. The number of carbonyl (C=O) groups excluding carboxylic acids is 3. The molecule has 1 heterocycles. The lowest BCUT2D eigenvalue weighted by Crippen LogP contribution is -2.69. The fourth-order valence-electron chi connectivity index (χ4n) is 2.71. The average molecular weight is 268 g/mol. The number of nitrogens with one attached hydrogen (secondary N) is 1. The Labute approximate surface area is 112 Å². The number of nitrogens with zero attached hydrogens (tertiary/aromatic N) is 1. The Bertz CT molecular complexity index is 415. The first kappa shape index (κ1) is 14.0. The highest BCUT2D eigenvalue weighted by Crippen LogP contribution is 2.45. The maximum Gasteiger partial charge on any atom is 0.331 e. The second-order valence-corrected chi connectivity index (χ2v) is 5.64. The SMILES string of the molecule is COCC(C(C)C)N1C(=O)NC(=O)C2(CCC2)C1=O. The van der Waals surface area contributed by atoms with Gasteiger partial charge in [-0.3, -0.25) is 19.8 Å². The Morgan fingerprint density at radius 1 is 1.32 bits per heavy atom. The molecule has 4 amide bonds. The summed E-state index contributed by atoms with van der Waals surface area (Å²) in [7, 11) is 1.53. The number of hydrogen-bond acceptors (Lipinski definition) is 4. The third-order valence-electron chi connectivity index (χ3n) is 4.15. The molecule has 106 valence electrons. The van der Waals surface area contributed by atoms with Crippen LogP contribution in [0.3, 0.4) is 0 Å². The number of ether oxygens (including phenoxy) is 1. The summed E-state index contributed by atoms with van der Waals surface area (Å²) in [5.74, 6) is -0.729. The third kappa shape index (κ3) is 2.04. The molecule has 2 rings (SSSR count). The lowest BCUT2D eigenvalue weighted by atomic mass is 9.66. The smallest absolute Gasteiger partial charge is 0.331 e. The monoisotopic (exact) mass is 268 g/mol. The number of barbiturate groups is 1. The van der Waals surface area contributed by atoms with E-state index in [9.17, 15) is 14.4 Å². The summed E-state index contributed by atoms with van der Waals surface area (Å²) in [4.78, 5) is 37.6. The Hall–Kier alpha value is -1.43. The molecule has 2 fully saturated rings. The summed E-state index contributed by atoms with van der Waals surface area (Å²) < 4.78 is 5.10. The molecule has 19 heavy (non-hydrogen) atoms. The van der Waals surface area contributed by atoms with Crippen LogP contribution in [0, 0.1) is 11.3 Å². The summed E-state index contributed by atoms with van der Waals surface area (Å²) >= 11 is 0. The predicted octanol–water partition coefficient (Wildman–Crippen LogP) is 0.906. The van der Waals surface area contributed by atoms with Crippen molar-refractivity contribution in [3.05, 3.63) is 0 Å². The van der Waals surface area contributed by atoms with E-state index in [-0.39, 0.29) is 24.5 Å². The molecule has 1 saturated carbocycles. The molecule has 2 aliphatic rings. The first-order valence-electron chi connectivity index (χ1n) is 6.62. The third-order valence-corrected chi connectivity index (χ3v) is 4.15. The van der Waals surface area contributed by atoms with Gasteiger partial charge in [-0.2, -0.15) is 0 Å². The van der Waals surface area contributed by atoms with Crippen LogP contribution in [-0.4, -0.2) is 42.5 Å². The van der Waals surface area contributed by atoms with Crippen molar-refractivity contribution in [3.63, 3.8) is 0 Å². The zero-order chi connectivity index (χ0) is 14.2. The number of rotatable bonds is 4. The van der Waals surface area contributed by atoms with E-state index in [1.807, 2.05) is 13.8 Å². The summed E-state index contributed by atoms with van der Waals surface area (Å²) in [6.45, 7) is 4.13. The summed E-state index contributed by atoms with van der Waals surface area (Å²) in [5.41, 5.74) is -1.01. The molecular formula is C13H20N2O4. The molecule has 0 aromatic carbocycles. The number of hydrogen-bond donors (Lipinski definition) is 1. The highest BCUT2D eigenvalue weighted by Gasteiger charge is 2.58. The number of imide groups is 2. The minimum Gasteiger partial charge on any atom is -0.383 e. The normalized spacial score (nSPS) is 23.6. The van der Waals surface area contributed by atoms with Gasteiger partial charge in [0.2, 0.25) is 11.8 Å². The van der Waals surface area contributed by atoms with Gasteiger partial charge in [0.25, 0.3) is 0 Å². The summed E-state index contributed by atoms with van der Waals surface area (Å²) in [6.07, 6.45) is 1.90. The molecular weight excluding hydrogens is 248 g/mol. The van der Waals surface area contributed by atoms with E-state index in [0.29, 0.717) is 12.8 Å². The van der Waals surface area contributed by atoms with E-state index in [2.05, 4.69) is 5.32 Å². The minimum atomic E-state index is -1.01. The first-order chi connectivity index (χ1) is 8.94. The van der Waals surface area contributed by atoms with Crippen molar-refractivity contribution < 1.29 is 19.1 Å². The van der Waals surface area contributed by atoms with E-state index in [4.69, 9.17) is 4.74 Å². The quantitative estimate of drug-likeness (QED) is 0.769. The van der Waals surface area contributed by atoms with Crippen molar-refractivity contribution in [2.45, 2.75) is 39.2 Å². The lowest BCUT2D eigenvalue weighted by Gasteiger charge is -2.47. The highest BCUT2D eigenvalue weighted by atomic mass is 16.5. The molecule has 1 aliphatic heterocycles. The molecule has 0 radical (unpaired) electrons. The van der Waals surface area contributed by atoms with E-state index >= 15 is 0 Å². The van der Waals surface area contributed by atoms with Crippen LogP contribution in [0.15, 0.2) is 0 Å². The molecule has 1 unspecified atom stereocenters. The zero-order valence-corrected chi connectivity index (χ0v) is 11.6. The fraction of sp³-hybridized carbons (Fsp3) is 0.769. The standard InChI is InChI=1S/C13H20N2O4/c1-8(2)9(7-19-3)15-11(17)13(5-4-6-13)10(16)14-12(15)18/h8-9H,4-7H2,1-3H3,(H,14,16,18). The maximum atomic E-state index is 12.6. The summed E-state index contributed by atoms with van der Waals surface area (Å²) in [5, 5.41) is 2.32. The van der Waals surface area contributed by atoms with Crippen LogP contribution >= 0.6 is 0 Å². The molecule has 1 spiro atoms. The van der Waals surface area contributed by atoms with Gasteiger partial charge in [-0.05, 0) is 18.8 Å². The second-order valence-electron chi connectivity index (χ2n) is 5.64. The van der Waals surface area contributed by atoms with Crippen LogP contribution in [0.1, 0.15) is 33.1 Å². The van der Waals surface area contributed by atoms with Crippen molar-refractivity contribution >= 4 is 17.8 Å². The van der Waals surface area contributed by atoms with Gasteiger partial charge in [-0.25, -0.2) is 4.79 Å². The van der Waals surface area contributed by atoms with Crippen LogP contribution in [0.5, 0.6) is 0 Å². The number of amides is 4. The molecule has 0 bridgehead atoms. The van der Waals surface area contributed by atoms with Gasteiger partial charge in [0.05, 0.1) is 12.6 Å².